The Morgan fingerprint density at radius 3 is 0.958 bits per heavy atom. The largest absolute Gasteiger partial charge is 0.434 e. The van der Waals surface area contributed by atoms with Gasteiger partial charge in [0.05, 0.1) is 11.4 Å². The first kappa shape index (κ1) is 36.3. The van der Waals surface area contributed by atoms with E-state index in [9.17, 15) is 0 Å². The first-order chi connectivity index (χ1) is 22.5. The van der Waals surface area contributed by atoms with Crippen LogP contribution in [0, 0.1) is 23.7 Å². The highest BCUT2D eigenvalue weighted by Crippen LogP contribution is 2.61. The summed E-state index contributed by atoms with van der Waals surface area (Å²) >= 11 is 0. The molecule has 0 saturated heterocycles. The van der Waals surface area contributed by atoms with Crippen molar-refractivity contribution in [1.82, 2.24) is 0 Å². The zero-order valence-electron chi connectivity index (χ0n) is 29.2. The van der Waals surface area contributed by atoms with Gasteiger partial charge in [0.2, 0.25) is 0 Å². The number of allylic oxidation sites excluding steroid dienone is 8. The van der Waals surface area contributed by atoms with Gasteiger partial charge in [-0.05, 0) is 39.8 Å². The Labute approximate surface area is 286 Å². The van der Waals surface area contributed by atoms with Crippen LogP contribution < -0.4 is 10.2 Å². The van der Waals surface area contributed by atoms with Crippen LogP contribution in [-0.2, 0) is 27.2 Å². The van der Waals surface area contributed by atoms with Crippen molar-refractivity contribution in [1.29, 1.82) is 0 Å². The minimum Gasteiger partial charge on any atom is -0.291 e. The molecule has 4 aliphatic rings. The van der Waals surface area contributed by atoms with Crippen LogP contribution in [0.5, 0.6) is 0 Å². The van der Waals surface area contributed by atoms with E-state index >= 15 is 9.13 Å². The molecule has 0 radical (unpaired) electrons. The number of benzene rings is 1. The van der Waals surface area contributed by atoms with E-state index in [1.54, 1.807) is 24.3 Å². The average molecular weight is 693 g/mol. The highest BCUT2D eigenvalue weighted by atomic mass is 31.2. The summed E-state index contributed by atoms with van der Waals surface area (Å²) < 4.78 is 56.3. The lowest BCUT2D eigenvalue weighted by molar-refractivity contribution is 0.0279. The fraction of sp³-hybridized carbons (Fsp3) is 0.421. The van der Waals surface area contributed by atoms with Crippen LogP contribution in [0.15, 0.2) is 121 Å². The lowest BCUT2D eigenvalue weighted by Crippen LogP contribution is -2.39. The van der Waals surface area contributed by atoms with Gasteiger partial charge in [0.25, 0.3) is 0 Å². The van der Waals surface area contributed by atoms with E-state index in [0.717, 1.165) is 0 Å². The summed E-state index contributed by atoms with van der Waals surface area (Å²) in [6, 6.07) is 7.06. The van der Waals surface area contributed by atoms with Crippen LogP contribution in [0.4, 0.5) is 11.4 Å². The van der Waals surface area contributed by atoms with Crippen molar-refractivity contribution in [2.45, 2.75) is 77.8 Å². The van der Waals surface area contributed by atoms with E-state index in [4.69, 9.17) is 18.1 Å². The standard InChI is InChI=1S/C38H50N2O6P2/c1-29-19-11-15-25-35(29,5)43-47(41,44-36(6)26-16-12-20-30(36)2)39-33-23-9-10-24-34(33)40-48(42,45-37(7)27-17-13-21-31(37)3)46-38(8)28-18-14-22-32(38)4/h9-32H,1-8H3,(H,39,41)(H,40,42). The third-order valence-corrected chi connectivity index (χ3v) is 13.6. The van der Waals surface area contributed by atoms with Gasteiger partial charge in [-0.1, -0.05) is 137 Å². The van der Waals surface area contributed by atoms with E-state index in [0.29, 0.717) is 11.4 Å². The van der Waals surface area contributed by atoms with Crippen molar-refractivity contribution >= 4 is 26.9 Å². The molecule has 8 nitrogen and oxygen atoms in total. The van der Waals surface area contributed by atoms with Crippen molar-refractivity contribution in [3.05, 3.63) is 121 Å². The van der Waals surface area contributed by atoms with Crippen molar-refractivity contribution in [2.24, 2.45) is 23.7 Å². The number of rotatable bonds is 12. The predicted molar refractivity (Wildman–Crippen MR) is 197 cm³/mol. The van der Waals surface area contributed by atoms with Gasteiger partial charge < -0.3 is 0 Å². The Morgan fingerprint density at radius 2 is 0.729 bits per heavy atom. The Balaban J connectivity index is 1.53. The normalized spacial score (nSPS) is 37.7. The maximum Gasteiger partial charge on any atom is 0.434 e. The molecule has 0 fully saturated rings. The molecule has 0 heterocycles. The van der Waals surface area contributed by atoms with Crippen LogP contribution in [0.25, 0.3) is 0 Å². The summed E-state index contributed by atoms with van der Waals surface area (Å²) in [7, 11) is -8.33. The first-order valence-electron chi connectivity index (χ1n) is 16.6. The van der Waals surface area contributed by atoms with Crippen LogP contribution in [-0.4, -0.2) is 22.4 Å². The van der Waals surface area contributed by atoms with Crippen LogP contribution in [0.1, 0.15) is 55.4 Å². The molecule has 1 aromatic carbocycles. The summed E-state index contributed by atoms with van der Waals surface area (Å²) in [5, 5.41) is 6.25. The maximum absolute atomic E-state index is 15.1. The highest BCUT2D eigenvalue weighted by Gasteiger charge is 2.47. The quantitative estimate of drug-likeness (QED) is 0.209. The molecule has 1 aromatic rings. The second kappa shape index (κ2) is 13.7. The zero-order chi connectivity index (χ0) is 34.8. The molecule has 0 aliphatic heterocycles. The summed E-state index contributed by atoms with van der Waals surface area (Å²) in [5.41, 5.74) is -3.06. The molecular weight excluding hydrogens is 642 g/mol. The van der Waals surface area contributed by atoms with Crippen molar-refractivity contribution in [2.75, 3.05) is 10.2 Å². The molecule has 8 unspecified atom stereocenters. The zero-order valence-corrected chi connectivity index (χ0v) is 31.0. The van der Waals surface area contributed by atoms with Crippen molar-refractivity contribution < 1.29 is 27.2 Å². The SMILES string of the molecule is CC1C=CC=CC1(C)OP(=O)(Nc1ccccc1NP(=O)(OC1(C)C=CC=CC1C)OC1(C)C=CC=CC1C)OC1(C)C=CC=CC1C. The summed E-state index contributed by atoms with van der Waals surface area (Å²) in [5.74, 6) is -0.373. The summed E-state index contributed by atoms with van der Waals surface area (Å²) in [6.07, 6.45) is 30.9. The maximum atomic E-state index is 15.1. The van der Waals surface area contributed by atoms with E-state index in [2.05, 4.69) is 10.2 Å². The molecule has 0 aromatic heterocycles. The molecule has 48 heavy (non-hydrogen) atoms. The topological polar surface area (TPSA) is 95.1 Å². The molecule has 0 spiro atoms. The fourth-order valence-electron chi connectivity index (χ4n) is 5.87. The van der Waals surface area contributed by atoms with Gasteiger partial charge in [-0.3, -0.25) is 28.3 Å². The second-order valence-electron chi connectivity index (χ2n) is 14.0. The molecule has 2 N–H and O–H groups in total. The van der Waals surface area contributed by atoms with Crippen LogP contribution in [0.2, 0.25) is 0 Å². The third kappa shape index (κ3) is 7.91. The lowest BCUT2D eigenvalue weighted by Gasteiger charge is -2.41. The van der Waals surface area contributed by atoms with E-state index < -0.39 is 37.9 Å². The van der Waals surface area contributed by atoms with Gasteiger partial charge in [-0.25, -0.2) is 9.13 Å². The Bertz CT molecular complexity index is 1490. The van der Waals surface area contributed by atoms with Gasteiger partial charge in [-0.15, -0.1) is 0 Å². The van der Waals surface area contributed by atoms with Crippen molar-refractivity contribution in [3.8, 4) is 0 Å². The lowest BCUT2D eigenvalue weighted by atomic mass is 9.87. The Morgan fingerprint density at radius 1 is 0.479 bits per heavy atom. The minimum atomic E-state index is -4.16. The van der Waals surface area contributed by atoms with Crippen molar-refractivity contribution in [3.63, 3.8) is 0 Å². The molecule has 0 saturated carbocycles. The average Bonchev–Trinajstić information content (AvgIpc) is 3.00. The number of anilines is 2. The van der Waals surface area contributed by atoms with E-state index in [1.807, 2.05) is 153 Å². The van der Waals surface area contributed by atoms with Crippen LogP contribution >= 0.6 is 15.5 Å². The molecule has 0 amide bonds. The van der Waals surface area contributed by atoms with Gasteiger partial charge >= 0.3 is 15.5 Å². The predicted octanol–water partition coefficient (Wildman–Crippen LogP) is 10.9. The fourth-order valence-corrected chi connectivity index (χ4v) is 10.1. The molecular formula is C38H50N2O6P2. The number of hydrogen-bond donors (Lipinski definition) is 2. The molecule has 8 atom stereocenters. The Kier molecular flexibility index (Phi) is 10.4. The van der Waals surface area contributed by atoms with Gasteiger partial charge in [0.1, 0.15) is 22.4 Å². The van der Waals surface area contributed by atoms with E-state index in [-0.39, 0.29) is 23.7 Å². The summed E-state index contributed by atoms with van der Waals surface area (Å²) in [4.78, 5) is 0. The third-order valence-electron chi connectivity index (χ3n) is 10.1. The number of nitrogens with one attached hydrogen (secondary N) is 2. The van der Waals surface area contributed by atoms with E-state index in [1.165, 1.54) is 0 Å². The monoisotopic (exact) mass is 692 g/mol. The summed E-state index contributed by atoms with van der Waals surface area (Å²) in [6.45, 7) is 15.6. The van der Waals surface area contributed by atoms with Crippen LogP contribution in [0.3, 0.4) is 0 Å². The van der Waals surface area contributed by atoms with Gasteiger partial charge in [-0.2, -0.15) is 0 Å². The smallest absolute Gasteiger partial charge is 0.291 e. The number of para-hydroxylation sites is 2. The second-order valence-corrected chi connectivity index (χ2v) is 17.2. The molecule has 0 bridgehead atoms. The molecule has 5 rings (SSSR count). The number of hydrogen-bond acceptors (Lipinski definition) is 6. The minimum absolute atomic E-state index is 0.0932. The first-order valence-corrected chi connectivity index (χ1v) is 19.7. The molecule has 10 heteroatoms. The highest BCUT2D eigenvalue weighted by molar-refractivity contribution is 7.56. The molecule has 258 valence electrons. The van der Waals surface area contributed by atoms with Gasteiger partial charge in [0, 0.05) is 23.7 Å². The molecule has 4 aliphatic carbocycles. The van der Waals surface area contributed by atoms with Gasteiger partial charge in [0.15, 0.2) is 0 Å². The Hall–Kier alpha value is -2.96.